The Balaban J connectivity index is 1.18. The summed E-state index contributed by atoms with van der Waals surface area (Å²) in [5.41, 5.74) is 4.10. The van der Waals surface area contributed by atoms with Crippen molar-refractivity contribution >= 4 is 33.9 Å². The number of nitrogens with zero attached hydrogens (tertiary/aromatic N) is 2. The third-order valence-corrected chi connectivity index (χ3v) is 5.65. The van der Waals surface area contributed by atoms with Gasteiger partial charge in [0, 0.05) is 43.3 Å². The molecule has 4 aromatic rings. The number of aromatic nitrogens is 2. The lowest BCUT2D eigenvalue weighted by atomic mass is 10.1. The van der Waals surface area contributed by atoms with Gasteiger partial charge in [-0.3, -0.25) is 14.0 Å². The Hall–Kier alpha value is -3.87. The molecular formula is C26H29N5O2. The van der Waals surface area contributed by atoms with E-state index in [1.54, 1.807) is 0 Å². The summed E-state index contributed by atoms with van der Waals surface area (Å²) in [6.07, 6.45) is 2.78. The number of imidazole rings is 1. The summed E-state index contributed by atoms with van der Waals surface area (Å²) in [6, 6.07) is 18.2. The summed E-state index contributed by atoms with van der Waals surface area (Å²) < 4.78 is 1.82. The van der Waals surface area contributed by atoms with Crippen molar-refractivity contribution in [1.29, 1.82) is 0 Å². The predicted octanol–water partition coefficient (Wildman–Crippen LogP) is 3.84. The average Bonchev–Trinajstić information content (AvgIpc) is 3.17. The van der Waals surface area contributed by atoms with Crippen LogP contribution in [0.15, 0.2) is 60.8 Å². The highest BCUT2D eigenvalue weighted by Crippen LogP contribution is 2.22. The number of carbonyl (C=O) groups is 2. The minimum absolute atomic E-state index is 0.0226. The van der Waals surface area contributed by atoms with E-state index in [1.807, 2.05) is 60.8 Å². The van der Waals surface area contributed by atoms with Crippen molar-refractivity contribution in [2.24, 2.45) is 0 Å². The summed E-state index contributed by atoms with van der Waals surface area (Å²) in [4.78, 5) is 29.3. The number of carbonyl (C=O) groups excluding carboxylic acids is 2. The van der Waals surface area contributed by atoms with Gasteiger partial charge in [0.05, 0.1) is 5.69 Å². The number of aryl methyl sites for hydroxylation is 2. The molecule has 7 heteroatoms. The van der Waals surface area contributed by atoms with Crippen LogP contribution in [0, 0.1) is 13.8 Å². The Bertz CT molecular complexity index is 1290. The summed E-state index contributed by atoms with van der Waals surface area (Å²) in [5.74, 6) is -0.198. The predicted molar refractivity (Wildman–Crippen MR) is 132 cm³/mol. The maximum atomic E-state index is 12.7. The van der Waals surface area contributed by atoms with Crippen LogP contribution in [0.5, 0.6) is 0 Å². The Labute approximate surface area is 193 Å². The van der Waals surface area contributed by atoms with Crippen LogP contribution >= 0.6 is 0 Å². The van der Waals surface area contributed by atoms with Crippen molar-refractivity contribution in [2.45, 2.75) is 26.7 Å². The summed E-state index contributed by atoms with van der Waals surface area (Å²) >= 11 is 0. The van der Waals surface area contributed by atoms with Crippen LogP contribution in [0.3, 0.4) is 0 Å². The highest BCUT2D eigenvalue weighted by molar-refractivity contribution is 5.95. The number of fused-ring (bicyclic) bond motifs is 2. The van der Waals surface area contributed by atoms with Gasteiger partial charge in [-0.25, -0.2) is 4.98 Å². The van der Waals surface area contributed by atoms with Crippen molar-refractivity contribution in [3.8, 4) is 0 Å². The molecule has 0 fully saturated rings. The highest BCUT2D eigenvalue weighted by Gasteiger charge is 2.17. The van der Waals surface area contributed by atoms with Gasteiger partial charge < -0.3 is 16.0 Å². The van der Waals surface area contributed by atoms with E-state index in [4.69, 9.17) is 0 Å². The van der Waals surface area contributed by atoms with Crippen molar-refractivity contribution in [3.05, 3.63) is 77.7 Å². The van der Waals surface area contributed by atoms with E-state index in [-0.39, 0.29) is 11.8 Å². The maximum absolute atomic E-state index is 12.7. The standard InChI is InChI=1S/C26H29N5O2/c1-18-8-7-17-31-24(19(2)30-25(18)31)26(33)29-14-6-13-23(32)28-16-15-27-22-12-5-10-20-9-3-4-11-21(20)22/h3-5,7-12,17,27H,6,13-16H2,1-2H3,(H,28,32)(H,29,33). The van der Waals surface area contributed by atoms with Gasteiger partial charge in [-0.05, 0) is 43.4 Å². The molecule has 170 valence electrons. The first kappa shape index (κ1) is 22.3. The molecule has 0 unspecified atom stereocenters. The van der Waals surface area contributed by atoms with Gasteiger partial charge in [-0.2, -0.15) is 0 Å². The van der Waals surface area contributed by atoms with Crippen LogP contribution in [-0.4, -0.2) is 40.8 Å². The van der Waals surface area contributed by atoms with Gasteiger partial charge in [0.25, 0.3) is 5.91 Å². The average molecular weight is 444 g/mol. The number of pyridine rings is 1. The number of benzene rings is 2. The molecule has 0 aliphatic heterocycles. The summed E-state index contributed by atoms with van der Waals surface area (Å²) in [6.45, 7) is 5.41. The zero-order chi connectivity index (χ0) is 23.2. The van der Waals surface area contributed by atoms with Crippen molar-refractivity contribution in [3.63, 3.8) is 0 Å². The molecule has 0 saturated carbocycles. The zero-order valence-electron chi connectivity index (χ0n) is 19.0. The van der Waals surface area contributed by atoms with Gasteiger partial charge in [0.1, 0.15) is 11.3 Å². The monoisotopic (exact) mass is 443 g/mol. The molecule has 2 aromatic heterocycles. The minimum Gasteiger partial charge on any atom is -0.383 e. The molecule has 7 nitrogen and oxygen atoms in total. The quantitative estimate of drug-likeness (QED) is 0.343. The molecule has 4 rings (SSSR count). The molecule has 3 N–H and O–H groups in total. The van der Waals surface area contributed by atoms with E-state index in [2.05, 4.69) is 39.1 Å². The van der Waals surface area contributed by atoms with Crippen molar-refractivity contribution < 1.29 is 9.59 Å². The normalized spacial score (nSPS) is 11.0. The third-order valence-electron chi connectivity index (χ3n) is 5.65. The Morgan fingerprint density at radius 1 is 0.909 bits per heavy atom. The van der Waals surface area contributed by atoms with E-state index < -0.39 is 0 Å². The number of hydrogen-bond acceptors (Lipinski definition) is 4. The summed E-state index contributed by atoms with van der Waals surface area (Å²) in [5, 5.41) is 11.6. The first-order chi connectivity index (χ1) is 16.0. The molecule has 0 aliphatic rings. The molecule has 2 heterocycles. The van der Waals surface area contributed by atoms with E-state index in [0.717, 1.165) is 16.9 Å². The van der Waals surface area contributed by atoms with Crippen molar-refractivity contribution in [2.75, 3.05) is 25.0 Å². The first-order valence-corrected chi connectivity index (χ1v) is 11.3. The number of hydrogen-bond donors (Lipinski definition) is 3. The number of nitrogens with one attached hydrogen (secondary N) is 3. The van der Waals surface area contributed by atoms with Crippen LogP contribution in [0.4, 0.5) is 5.69 Å². The largest absolute Gasteiger partial charge is 0.383 e. The second-order valence-electron chi connectivity index (χ2n) is 8.09. The molecule has 0 spiro atoms. The van der Waals surface area contributed by atoms with Crippen LogP contribution in [-0.2, 0) is 4.79 Å². The van der Waals surface area contributed by atoms with E-state index >= 15 is 0 Å². The molecule has 2 aromatic carbocycles. The fourth-order valence-corrected chi connectivity index (χ4v) is 3.99. The van der Waals surface area contributed by atoms with Gasteiger partial charge in [-0.15, -0.1) is 0 Å². The number of rotatable bonds is 9. The smallest absolute Gasteiger partial charge is 0.270 e. The SMILES string of the molecule is Cc1nc2c(C)cccn2c1C(=O)NCCCC(=O)NCCNc1cccc2ccccc12. The van der Waals surface area contributed by atoms with Crippen LogP contribution in [0.25, 0.3) is 16.4 Å². The van der Waals surface area contributed by atoms with E-state index in [9.17, 15) is 9.59 Å². The van der Waals surface area contributed by atoms with Crippen LogP contribution in [0.2, 0.25) is 0 Å². The molecule has 0 aliphatic carbocycles. The topological polar surface area (TPSA) is 87.5 Å². The van der Waals surface area contributed by atoms with Crippen LogP contribution in [0.1, 0.15) is 34.6 Å². The summed E-state index contributed by atoms with van der Waals surface area (Å²) in [7, 11) is 0. The second-order valence-corrected chi connectivity index (χ2v) is 8.09. The zero-order valence-corrected chi connectivity index (χ0v) is 19.0. The fourth-order valence-electron chi connectivity index (χ4n) is 3.99. The molecular weight excluding hydrogens is 414 g/mol. The highest BCUT2D eigenvalue weighted by atomic mass is 16.2. The van der Waals surface area contributed by atoms with Gasteiger partial charge in [0.2, 0.25) is 5.91 Å². The fraction of sp³-hybridized carbons (Fsp3) is 0.269. The lowest BCUT2D eigenvalue weighted by Gasteiger charge is -2.11. The molecule has 33 heavy (non-hydrogen) atoms. The molecule has 0 saturated heterocycles. The van der Waals surface area contributed by atoms with Gasteiger partial charge in [0.15, 0.2) is 0 Å². The van der Waals surface area contributed by atoms with E-state index in [1.165, 1.54) is 10.8 Å². The minimum atomic E-state index is -0.176. The molecule has 0 radical (unpaired) electrons. The lowest BCUT2D eigenvalue weighted by Crippen LogP contribution is -2.30. The third kappa shape index (κ3) is 5.14. The first-order valence-electron chi connectivity index (χ1n) is 11.3. The van der Waals surface area contributed by atoms with E-state index in [0.29, 0.717) is 43.9 Å². The molecule has 0 bridgehead atoms. The molecule has 0 atom stereocenters. The van der Waals surface area contributed by atoms with Gasteiger partial charge in [-0.1, -0.05) is 42.5 Å². The van der Waals surface area contributed by atoms with Gasteiger partial charge >= 0.3 is 0 Å². The Morgan fingerprint density at radius 2 is 1.73 bits per heavy atom. The number of amides is 2. The Kier molecular flexibility index (Phi) is 6.88. The second kappa shape index (κ2) is 10.2. The molecule has 2 amide bonds. The Morgan fingerprint density at radius 3 is 2.61 bits per heavy atom. The lowest BCUT2D eigenvalue weighted by molar-refractivity contribution is -0.121. The van der Waals surface area contributed by atoms with Crippen LogP contribution < -0.4 is 16.0 Å². The van der Waals surface area contributed by atoms with Crippen molar-refractivity contribution in [1.82, 2.24) is 20.0 Å². The number of anilines is 1. The maximum Gasteiger partial charge on any atom is 0.270 e.